The molecule has 4 rings (SSSR count). The van der Waals surface area contributed by atoms with Crippen LogP contribution in [0.1, 0.15) is 28.3 Å². The Morgan fingerprint density at radius 2 is 1.93 bits per heavy atom. The lowest BCUT2D eigenvalue weighted by atomic mass is 10.0. The highest BCUT2D eigenvalue weighted by molar-refractivity contribution is 5.70. The lowest BCUT2D eigenvalue weighted by molar-refractivity contribution is 0.177. The van der Waals surface area contributed by atoms with Crippen LogP contribution in [0.4, 0.5) is 4.79 Å². The van der Waals surface area contributed by atoms with Crippen molar-refractivity contribution in [2.24, 2.45) is 0 Å². The van der Waals surface area contributed by atoms with Crippen LogP contribution in [-0.2, 0) is 4.74 Å². The van der Waals surface area contributed by atoms with Crippen molar-refractivity contribution in [1.82, 2.24) is 10.3 Å². The van der Waals surface area contributed by atoms with Gasteiger partial charge in [0.2, 0.25) is 0 Å². The molecule has 1 N–H and O–H groups in total. The second kappa shape index (κ2) is 9.95. The summed E-state index contributed by atoms with van der Waals surface area (Å²) in [6.45, 7) is 2.37. The number of hydrogen-bond donors (Lipinski definition) is 1. The van der Waals surface area contributed by atoms with E-state index in [1.165, 1.54) is 0 Å². The number of amides is 1. The van der Waals surface area contributed by atoms with E-state index in [1.54, 1.807) is 19.5 Å². The van der Waals surface area contributed by atoms with Crippen molar-refractivity contribution >= 4 is 6.09 Å². The normalized spacial score (nSPS) is 14.4. The molecule has 0 bridgehead atoms. The number of benzene rings is 2. The Balaban J connectivity index is 0.000000252. The molecule has 29 heavy (non-hydrogen) atoms. The predicted molar refractivity (Wildman–Crippen MR) is 112 cm³/mol. The van der Waals surface area contributed by atoms with E-state index in [-0.39, 0.29) is 12.1 Å². The van der Waals surface area contributed by atoms with Crippen LogP contribution in [0, 0.1) is 18.8 Å². The van der Waals surface area contributed by atoms with Gasteiger partial charge in [0.05, 0.1) is 13.2 Å². The molecule has 3 aromatic rings. The molecule has 5 heteroatoms. The van der Waals surface area contributed by atoms with E-state index < -0.39 is 0 Å². The summed E-state index contributed by atoms with van der Waals surface area (Å²) >= 11 is 0. The number of cyclic esters (lactones) is 1. The molecule has 1 saturated heterocycles. The third-order valence-corrected chi connectivity index (χ3v) is 4.32. The van der Waals surface area contributed by atoms with Crippen LogP contribution in [0.5, 0.6) is 5.75 Å². The maximum absolute atomic E-state index is 11.1. The maximum Gasteiger partial charge on any atom is 0.407 e. The Morgan fingerprint density at radius 1 is 1.10 bits per heavy atom. The van der Waals surface area contributed by atoms with Gasteiger partial charge in [0, 0.05) is 23.5 Å². The molecule has 1 aliphatic rings. The van der Waals surface area contributed by atoms with Crippen molar-refractivity contribution in [3.63, 3.8) is 0 Å². The molecule has 0 radical (unpaired) electrons. The van der Waals surface area contributed by atoms with Crippen LogP contribution in [-0.4, -0.2) is 24.8 Å². The fourth-order valence-corrected chi connectivity index (χ4v) is 2.69. The quantitative estimate of drug-likeness (QED) is 0.669. The number of hydrogen-bond acceptors (Lipinski definition) is 4. The number of nitrogens with zero attached hydrogens (tertiary/aromatic N) is 1. The minimum atomic E-state index is -0.373. The predicted octanol–water partition coefficient (Wildman–Crippen LogP) is 4.27. The van der Waals surface area contributed by atoms with Crippen molar-refractivity contribution in [1.29, 1.82) is 0 Å². The molecule has 1 aromatic heterocycles. The molecule has 1 fully saturated rings. The molecule has 146 valence electrons. The first-order valence-electron chi connectivity index (χ1n) is 9.20. The third kappa shape index (κ3) is 5.85. The van der Waals surface area contributed by atoms with Crippen LogP contribution in [0.2, 0.25) is 0 Å². The molecule has 0 unspecified atom stereocenters. The Labute approximate surface area is 170 Å². The van der Waals surface area contributed by atoms with Crippen LogP contribution in [0.3, 0.4) is 0 Å². The van der Waals surface area contributed by atoms with Crippen molar-refractivity contribution in [2.75, 3.05) is 13.7 Å². The number of aryl methyl sites for hydroxylation is 1. The van der Waals surface area contributed by atoms with Gasteiger partial charge in [-0.05, 0) is 48.4 Å². The van der Waals surface area contributed by atoms with E-state index in [4.69, 9.17) is 9.47 Å². The van der Waals surface area contributed by atoms with E-state index in [2.05, 4.69) is 22.1 Å². The molecule has 5 nitrogen and oxygen atoms in total. The third-order valence-electron chi connectivity index (χ3n) is 4.32. The summed E-state index contributed by atoms with van der Waals surface area (Å²) < 4.78 is 9.82. The van der Waals surface area contributed by atoms with Gasteiger partial charge < -0.3 is 14.8 Å². The number of methoxy groups -OCH3 is 1. The maximum atomic E-state index is 11.1. The average Bonchev–Trinajstić information content (AvgIpc) is 3.21. The molecule has 1 amide bonds. The first-order valence-corrected chi connectivity index (χ1v) is 9.20. The molecule has 0 spiro atoms. The zero-order chi connectivity index (χ0) is 20.5. The number of ether oxygens (including phenoxy) is 2. The number of para-hydroxylation sites is 1. The fraction of sp³-hybridized carbons (Fsp3) is 0.167. The van der Waals surface area contributed by atoms with Gasteiger partial charge in [-0.15, -0.1) is 0 Å². The second-order valence-electron chi connectivity index (χ2n) is 6.38. The van der Waals surface area contributed by atoms with Gasteiger partial charge in [-0.25, -0.2) is 4.79 Å². The van der Waals surface area contributed by atoms with Crippen LogP contribution >= 0.6 is 0 Å². The number of aromatic nitrogens is 1. The zero-order valence-electron chi connectivity index (χ0n) is 16.4. The molecule has 2 heterocycles. The van der Waals surface area contributed by atoms with Crippen LogP contribution in [0.25, 0.3) is 0 Å². The van der Waals surface area contributed by atoms with Gasteiger partial charge in [0.15, 0.2) is 0 Å². The lowest BCUT2D eigenvalue weighted by Gasteiger charge is -2.07. The number of pyridine rings is 1. The Kier molecular flexibility index (Phi) is 6.85. The van der Waals surface area contributed by atoms with E-state index in [0.717, 1.165) is 28.0 Å². The average molecular weight is 386 g/mol. The first kappa shape index (κ1) is 20.0. The van der Waals surface area contributed by atoms with Gasteiger partial charge >= 0.3 is 6.09 Å². The number of alkyl carbamates (subject to hydrolysis) is 1. The van der Waals surface area contributed by atoms with E-state index in [1.807, 2.05) is 67.6 Å². The first-order chi connectivity index (χ1) is 14.2. The highest BCUT2D eigenvalue weighted by Crippen LogP contribution is 2.19. The number of rotatable bonds is 2. The smallest absolute Gasteiger partial charge is 0.407 e. The molecule has 2 aromatic carbocycles. The number of carbonyl (C=O) groups excluding carboxylic acids is 1. The minimum absolute atomic E-state index is 0.0978. The van der Waals surface area contributed by atoms with Crippen LogP contribution < -0.4 is 10.1 Å². The fourth-order valence-electron chi connectivity index (χ4n) is 2.69. The number of carbonyl (C=O) groups is 1. The topological polar surface area (TPSA) is 60.5 Å². The summed E-state index contributed by atoms with van der Waals surface area (Å²) in [5.41, 5.74) is 3.91. The lowest BCUT2D eigenvalue weighted by Crippen LogP contribution is -2.18. The number of nitrogens with one attached hydrogen (secondary N) is 1. The molecule has 1 atom stereocenters. The Bertz CT molecular complexity index is 1020. The standard InChI is InChI=1S/C17H14N2O2.C7H8O/c1-12-7-8-18-10-15(12)6-5-13-3-2-4-14(9-13)16-11-21-17(20)19-16;1-8-7-5-3-2-4-6-7/h2-4,7-10,16H,11H2,1H3,(H,19,20);2-6H,1H3/t16-;/m0./s1. The molecular weight excluding hydrogens is 364 g/mol. The Morgan fingerprint density at radius 3 is 2.59 bits per heavy atom. The van der Waals surface area contributed by atoms with E-state index >= 15 is 0 Å². The summed E-state index contributed by atoms with van der Waals surface area (Å²) in [7, 11) is 1.66. The molecular formula is C24H22N2O3. The van der Waals surface area contributed by atoms with Gasteiger partial charge in [0.25, 0.3) is 0 Å². The summed E-state index contributed by atoms with van der Waals surface area (Å²) in [5.74, 6) is 7.17. The largest absolute Gasteiger partial charge is 0.497 e. The SMILES string of the molecule is COc1ccccc1.Cc1ccncc1C#Cc1cccc([C@@H]2COC(=O)N2)c1. The summed E-state index contributed by atoms with van der Waals surface area (Å²) in [5, 5.41) is 2.76. The van der Waals surface area contributed by atoms with Crippen molar-refractivity contribution < 1.29 is 14.3 Å². The van der Waals surface area contributed by atoms with Gasteiger partial charge in [-0.2, -0.15) is 0 Å². The Hall–Kier alpha value is -3.78. The summed E-state index contributed by atoms with van der Waals surface area (Å²) in [4.78, 5) is 15.2. The zero-order valence-corrected chi connectivity index (χ0v) is 16.4. The highest BCUT2D eigenvalue weighted by Gasteiger charge is 2.23. The monoisotopic (exact) mass is 386 g/mol. The van der Waals surface area contributed by atoms with Crippen LogP contribution in [0.15, 0.2) is 73.1 Å². The molecule has 1 aliphatic heterocycles. The minimum Gasteiger partial charge on any atom is -0.497 e. The summed E-state index contributed by atoms with van der Waals surface area (Å²) in [6.07, 6.45) is 3.14. The van der Waals surface area contributed by atoms with Crippen molar-refractivity contribution in [3.8, 4) is 17.6 Å². The molecule has 0 aliphatic carbocycles. The van der Waals surface area contributed by atoms with Gasteiger partial charge in [-0.1, -0.05) is 42.2 Å². The van der Waals surface area contributed by atoms with Gasteiger partial charge in [0.1, 0.15) is 12.4 Å². The summed E-state index contributed by atoms with van der Waals surface area (Å²) in [6, 6.07) is 19.3. The molecule has 0 saturated carbocycles. The van der Waals surface area contributed by atoms with Crippen molar-refractivity contribution in [2.45, 2.75) is 13.0 Å². The van der Waals surface area contributed by atoms with E-state index in [0.29, 0.717) is 6.61 Å². The van der Waals surface area contributed by atoms with Crippen molar-refractivity contribution in [3.05, 3.63) is 95.3 Å². The van der Waals surface area contributed by atoms with Gasteiger partial charge in [-0.3, -0.25) is 4.98 Å². The second-order valence-corrected chi connectivity index (χ2v) is 6.38. The highest BCUT2D eigenvalue weighted by atomic mass is 16.6. The van der Waals surface area contributed by atoms with E-state index in [9.17, 15) is 4.79 Å².